The zero-order valence-corrected chi connectivity index (χ0v) is 44.8. The van der Waals surface area contributed by atoms with E-state index in [1.54, 1.807) is 0 Å². The highest BCUT2D eigenvalue weighted by atomic mass is 33.1. The Labute approximate surface area is 463 Å². The Kier molecular flexibility index (Phi) is 27.7. The number of hydrogen-bond acceptors (Lipinski definition) is 30. The molecule has 20 N–H and O–H groups in total. The standard InChI is InChI=1S/C44H74N4O30S2/c1-17(53)45-29-35(65)33(63)23(15-73-43(41(67)68)9-19(55)27(47-25(59)13-51)37(77-43)31(61)21(57)11-49)75-39(29)71-5-3-7-79-80-8-4-6-72-40-30(46-18(2)54)36(66)34(64)24(76-40)16-74-44(42(69)70)10-20(56)28(48-26(60)14-52)38(78-44)32(62)22(58)12-50/h19-24,27-40,49-52,55-58,61-66H,3-16H2,1-2H3,(H,45,53)(H,46,54)(H,47,59)(H,48,60)(H,67,68)(H,69,70)/t19-,20-,21+,22+,23+,24+,27+,28+,29+,30+,31+,32+,33-,34-,35+,36+,37+,38+,39-,40-,43+,44+/m0/s1. The van der Waals surface area contributed by atoms with Gasteiger partial charge in [0.25, 0.3) is 11.6 Å². The summed E-state index contributed by atoms with van der Waals surface area (Å²) in [4.78, 5) is 73.6. The quantitative estimate of drug-likeness (QED) is 0.0226. The highest BCUT2D eigenvalue weighted by molar-refractivity contribution is 8.76. The molecule has 0 saturated carbocycles. The maximum Gasteiger partial charge on any atom is 0.364 e. The van der Waals surface area contributed by atoms with Crippen LogP contribution in [0.4, 0.5) is 0 Å². The van der Waals surface area contributed by atoms with E-state index >= 15 is 0 Å². The van der Waals surface area contributed by atoms with Crippen molar-refractivity contribution in [2.24, 2.45) is 0 Å². The van der Waals surface area contributed by atoms with Gasteiger partial charge in [-0.3, -0.25) is 19.2 Å². The lowest BCUT2D eigenvalue weighted by molar-refractivity contribution is -0.330. The zero-order chi connectivity index (χ0) is 59.8. The maximum absolute atomic E-state index is 12.7. The molecular weight excluding hydrogens is 1130 g/mol. The van der Waals surface area contributed by atoms with Gasteiger partial charge in [0.2, 0.25) is 23.6 Å². The number of rotatable bonds is 31. The number of ether oxygens (including phenoxy) is 8. The second-order valence-electron chi connectivity index (χ2n) is 19.0. The molecule has 4 aliphatic rings. The fourth-order valence-corrected chi connectivity index (χ4v) is 11.1. The lowest BCUT2D eigenvalue weighted by Crippen LogP contribution is -2.69. The molecular formula is C44H74N4O30S2. The van der Waals surface area contributed by atoms with Crippen LogP contribution in [0.3, 0.4) is 0 Å². The van der Waals surface area contributed by atoms with Gasteiger partial charge in [0, 0.05) is 38.2 Å². The van der Waals surface area contributed by atoms with Crippen molar-refractivity contribution >= 4 is 57.2 Å². The summed E-state index contributed by atoms with van der Waals surface area (Å²) in [7, 11) is 2.75. The predicted molar refractivity (Wildman–Crippen MR) is 262 cm³/mol. The summed E-state index contributed by atoms with van der Waals surface area (Å²) in [6.45, 7) is -4.04. The summed E-state index contributed by atoms with van der Waals surface area (Å²) in [6.07, 6.45) is -30.7. The summed E-state index contributed by atoms with van der Waals surface area (Å²) < 4.78 is 45.7. The molecule has 462 valence electrons. The summed E-state index contributed by atoms with van der Waals surface area (Å²) in [5.41, 5.74) is 0. The van der Waals surface area contributed by atoms with Crippen molar-refractivity contribution in [2.45, 2.75) is 173 Å². The highest BCUT2D eigenvalue weighted by Crippen LogP contribution is 2.37. The fraction of sp³-hybridized carbons (Fsp3) is 0.864. The molecule has 80 heavy (non-hydrogen) atoms. The van der Waals surface area contributed by atoms with Crippen LogP contribution in [0.2, 0.25) is 0 Å². The number of nitrogens with one attached hydrogen (secondary N) is 4. The molecule has 0 aromatic rings. The normalized spacial score (nSPS) is 36.1. The van der Waals surface area contributed by atoms with Gasteiger partial charge in [-0.2, -0.15) is 0 Å². The minimum Gasteiger partial charge on any atom is -0.477 e. The number of carboxylic acids is 2. The fourth-order valence-electron chi connectivity index (χ4n) is 8.93. The molecule has 22 atom stereocenters. The average Bonchev–Trinajstić information content (AvgIpc) is 3.41. The van der Waals surface area contributed by atoms with Gasteiger partial charge in [0.15, 0.2) is 12.6 Å². The number of aliphatic hydroxyl groups is 14. The van der Waals surface area contributed by atoms with E-state index < -0.39 is 222 Å². The number of carboxylic acid groups (broad SMARTS) is 2. The van der Waals surface area contributed by atoms with E-state index in [0.29, 0.717) is 24.3 Å². The Morgan fingerprint density at radius 3 is 1.20 bits per heavy atom. The zero-order valence-electron chi connectivity index (χ0n) is 43.1. The number of carbonyl (C=O) groups is 6. The molecule has 4 rings (SSSR count). The third-order valence-corrected chi connectivity index (χ3v) is 15.6. The second-order valence-corrected chi connectivity index (χ2v) is 21.7. The number of carbonyl (C=O) groups excluding carboxylic acids is 4. The third-order valence-electron chi connectivity index (χ3n) is 13.1. The molecule has 0 spiro atoms. The van der Waals surface area contributed by atoms with Crippen molar-refractivity contribution in [1.82, 2.24) is 21.3 Å². The van der Waals surface area contributed by atoms with Crippen LogP contribution in [-0.2, 0) is 66.7 Å². The van der Waals surface area contributed by atoms with E-state index in [0.717, 1.165) is 13.8 Å². The molecule has 34 nitrogen and oxygen atoms in total. The predicted octanol–water partition coefficient (Wildman–Crippen LogP) is -10.6. The topological polar surface area (TPSA) is 548 Å². The van der Waals surface area contributed by atoms with Crippen LogP contribution in [0.15, 0.2) is 0 Å². The van der Waals surface area contributed by atoms with Crippen molar-refractivity contribution in [1.29, 1.82) is 0 Å². The molecule has 4 aliphatic heterocycles. The Morgan fingerprint density at radius 2 is 0.900 bits per heavy atom. The Hall–Kier alpha value is -3.36. The van der Waals surface area contributed by atoms with E-state index in [1.165, 1.54) is 21.6 Å². The van der Waals surface area contributed by atoms with Crippen LogP contribution in [0.25, 0.3) is 0 Å². The van der Waals surface area contributed by atoms with Crippen LogP contribution in [0.5, 0.6) is 0 Å². The van der Waals surface area contributed by atoms with E-state index in [-0.39, 0.29) is 13.2 Å². The van der Waals surface area contributed by atoms with Crippen LogP contribution in [0, 0.1) is 0 Å². The first-order valence-corrected chi connectivity index (χ1v) is 27.5. The van der Waals surface area contributed by atoms with Gasteiger partial charge in [-0.25, -0.2) is 9.59 Å². The lowest BCUT2D eigenvalue weighted by Gasteiger charge is -2.47. The largest absolute Gasteiger partial charge is 0.477 e. The molecule has 36 heteroatoms. The average molecular weight is 1200 g/mol. The molecule has 0 bridgehead atoms. The van der Waals surface area contributed by atoms with Crippen LogP contribution < -0.4 is 21.3 Å². The first-order valence-electron chi connectivity index (χ1n) is 25.0. The molecule has 0 radical (unpaired) electrons. The molecule has 0 aliphatic carbocycles. The summed E-state index contributed by atoms with van der Waals surface area (Å²) in [5.74, 6) is -12.1. The number of amides is 4. The molecule has 4 fully saturated rings. The molecule has 0 aromatic heterocycles. The minimum absolute atomic E-state index is 0.0719. The third kappa shape index (κ3) is 18.1. The Balaban J connectivity index is 1.31. The summed E-state index contributed by atoms with van der Waals surface area (Å²) in [5, 5.41) is 175. The molecule has 0 unspecified atom stereocenters. The number of aliphatic hydroxyl groups excluding tert-OH is 14. The van der Waals surface area contributed by atoms with Gasteiger partial charge in [0.1, 0.15) is 98.5 Å². The van der Waals surface area contributed by atoms with Crippen molar-refractivity contribution in [3.05, 3.63) is 0 Å². The SMILES string of the molecule is CC(=O)N[C@H]1[C@@H](OCCCSSCCCO[C@H]2O[C@H](CO[C@]3(C(=O)O)C[C@H](O)[C@@H](NC(=O)CO)[C@H]([C@H](O)[C@H](O)CO)O3)[C@H](O)[C@H](O)[C@H]2NC(C)=O)O[C@H](CO[C@]2(C(=O)O)C[C@H](O)[C@@H](NC(=O)CO)[C@H]([C@H](O)[C@H](O)CO)O2)[C@H](O)[C@@H]1O. The van der Waals surface area contributed by atoms with E-state index in [2.05, 4.69) is 21.3 Å². The molecule has 4 saturated heterocycles. The van der Waals surface area contributed by atoms with Gasteiger partial charge < -0.3 is 141 Å². The van der Waals surface area contributed by atoms with E-state index in [9.17, 15) is 110 Å². The first-order chi connectivity index (χ1) is 37.7. The maximum atomic E-state index is 12.7. The monoisotopic (exact) mass is 1200 g/mol. The van der Waals surface area contributed by atoms with Crippen molar-refractivity contribution in [3.63, 3.8) is 0 Å². The van der Waals surface area contributed by atoms with Gasteiger partial charge in [0.05, 0.1) is 63.9 Å². The molecule has 4 heterocycles. The highest BCUT2D eigenvalue weighted by Gasteiger charge is 2.59. The van der Waals surface area contributed by atoms with Crippen LogP contribution in [0.1, 0.15) is 39.5 Å². The summed E-state index contributed by atoms with van der Waals surface area (Å²) in [6, 6.07) is -6.02. The second kappa shape index (κ2) is 32.1. The van der Waals surface area contributed by atoms with Gasteiger partial charge in [-0.05, 0) is 12.8 Å². The Morgan fingerprint density at radius 1 is 0.550 bits per heavy atom. The van der Waals surface area contributed by atoms with Gasteiger partial charge >= 0.3 is 11.9 Å². The number of hydrogen-bond donors (Lipinski definition) is 20. The number of aliphatic carboxylic acids is 2. The van der Waals surface area contributed by atoms with Crippen molar-refractivity contribution in [2.75, 3.05) is 64.4 Å². The van der Waals surface area contributed by atoms with Crippen LogP contribution in [-0.4, -0.2) is 315 Å². The van der Waals surface area contributed by atoms with Gasteiger partial charge in [-0.15, -0.1) is 0 Å². The summed E-state index contributed by atoms with van der Waals surface area (Å²) >= 11 is 0. The lowest BCUT2D eigenvalue weighted by atomic mass is 9.88. The smallest absolute Gasteiger partial charge is 0.364 e. The molecule has 4 amide bonds. The molecule has 0 aromatic carbocycles. The Bertz CT molecular complexity index is 1880. The van der Waals surface area contributed by atoms with E-state index in [1.807, 2.05) is 0 Å². The van der Waals surface area contributed by atoms with Gasteiger partial charge in [-0.1, -0.05) is 21.6 Å². The first kappa shape index (κ1) is 69.1. The van der Waals surface area contributed by atoms with Crippen LogP contribution >= 0.6 is 21.6 Å². The minimum atomic E-state index is -2.87. The van der Waals surface area contributed by atoms with Crippen molar-refractivity contribution < 1.29 is 148 Å². The van der Waals surface area contributed by atoms with Crippen molar-refractivity contribution in [3.8, 4) is 0 Å². The van der Waals surface area contributed by atoms with E-state index in [4.69, 9.17) is 37.9 Å².